The molecule has 5 nitrogen and oxygen atoms in total. The minimum atomic E-state index is -4.96. The van der Waals surface area contributed by atoms with Gasteiger partial charge in [0.15, 0.2) is 17.5 Å². The molecule has 1 N–H and O–H groups in total. The van der Waals surface area contributed by atoms with Crippen molar-refractivity contribution in [3.63, 3.8) is 0 Å². The number of fused-ring (bicyclic) bond motifs is 3. The summed E-state index contributed by atoms with van der Waals surface area (Å²) in [6, 6.07) is 6.70. The van der Waals surface area contributed by atoms with E-state index in [0.29, 0.717) is 22.7 Å². The number of aromatic amines is 1. The van der Waals surface area contributed by atoms with Crippen LogP contribution >= 0.6 is 11.6 Å². The first-order valence-corrected chi connectivity index (χ1v) is 10.9. The van der Waals surface area contributed by atoms with Gasteiger partial charge in [-0.25, -0.2) is 18.2 Å². The Kier molecular flexibility index (Phi) is 5.62. The number of aryl methyl sites for hydroxylation is 1. The summed E-state index contributed by atoms with van der Waals surface area (Å²) in [7, 11) is 0. The summed E-state index contributed by atoms with van der Waals surface area (Å²) in [4.78, 5) is 15.0. The van der Waals surface area contributed by atoms with Crippen molar-refractivity contribution in [2.75, 3.05) is 11.4 Å². The predicted octanol–water partition coefficient (Wildman–Crippen LogP) is 6.23. The highest BCUT2D eigenvalue weighted by Crippen LogP contribution is 2.42. The van der Waals surface area contributed by atoms with Gasteiger partial charge in [0, 0.05) is 33.7 Å². The van der Waals surface area contributed by atoms with Crippen molar-refractivity contribution < 1.29 is 26.3 Å². The van der Waals surface area contributed by atoms with Crippen LogP contribution in [0, 0.1) is 18.6 Å². The third-order valence-electron chi connectivity index (χ3n) is 5.99. The molecule has 3 heterocycles. The first-order valence-electron chi connectivity index (χ1n) is 10.5. The average Bonchev–Trinajstić information content (AvgIpc) is 3.19. The summed E-state index contributed by atoms with van der Waals surface area (Å²) in [5, 5.41) is 1.21. The van der Waals surface area contributed by atoms with Gasteiger partial charge in [0.1, 0.15) is 12.7 Å². The van der Waals surface area contributed by atoms with E-state index in [1.165, 1.54) is 24.0 Å². The van der Waals surface area contributed by atoms with Gasteiger partial charge in [-0.15, -0.1) is 0 Å². The fourth-order valence-electron chi connectivity index (χ4n) is 4.39. The average molecular weight is 512 g/mol. The van der Waals surface area contributed by atoms with Crippen LogP contribution in [0.2, 0.25) is 5.02 Å². The van der Waals surface area contributed by atoms with Crippen LogP contribution in [0.5, 0.6) is 0 Å². The second kappa shape index (κ2) is 8.40. The molecular weight excluding hydrogens is 496 g/mol. The fourth-order valence-corrected chi connectivity index (χ4v) is 4.57. The first-order chi connectivity index (χ1) is 16.6. The number of rotatable bonds is 3. The summed E-state index contributed by atoms with van der Waals surface area (Å²) < 4.78 is 83.5. The van der Waals surface area contributed by atoms with Crippen LogP contribution < -0.4 is 4.90 Å². The van der Waals surface area contributed by atoms with Crippen LogP contribution in [0.3, 0.4) is 0 Å². The maximum atomic E-state index is 15.2. The minimum Gasteiger partial charge on any atom is -0.356 e. The van der Waals surface area contributed by atoms with Gasteiger partial charge in [-0.1, -0.05) is 23.7 Å². The molecule has 4 aromatic rings. The SMILES string of the molecule is Cc1ccc(C2c3[nH]c4ccc(Cl)cc4c3CCN2c2nc(CF)nc(C(F)(F)F)n2)c(F)c1F. The Morgan fingerprint density at radius 2 is 1.86 bits per heavy atom. The second-order valence-electron chi connectivity index (χ2n) is 8.16. The van der Waals surface area contributed by atoms with Gasteiger partial charge in [-0.3, -0.25) is 0 Å². The van der Waals surface area contributed by atoms with E-state index in [-0.39, 0.29) is 17.7 Å². The van der Waals surface area contributed by atoms with Crippen molar-refractivity contribution in [3.05, 3.63) is 81.0 Å². The number of halogens is 7. The molecule has 2 aromatic heterocycles. The van der Waals surface area contributed by atoms with Crippen LogP contribution in [0.25, 0.3) is 10.9 Å². The Morgan fingerprint density at radius 3 is 2.57 bits per heavy atom. The molecule has 0 amide bonds. The molecule has 1 aliphatic rings. The molecule has 1 aliphatic heterocycles. The third-order valence-corrected chi connectivity index (χ3v) is 6.22. The van der Waals surface area contributed by atoms with E-state index >= 15 is 4.39 Å². The summed E-state index contributed by atoms with van der Waals surface area (Å²) in [6.45, 7) is 0.0756. The molecule has 2 aromatic carbocycles. The molecule has 0 saturated heterocycles. The van der Waals surface area contributed by atoms with Crippen LogP contribution in [0.1, 0.15) is 40.1 Å². The summed E-state index contributed by atoms with van der Waals surface area (Å²) in [5.74, 6) is -5.01. The lowest BCUT2D eigenvalue weighted by Crippen LogP contribution is -2.38. The lowest BCUT2D eigenvalue weighted by atomic mass is 9.91. The maximum absolute atomic E-state index is 15.2. The van der Waals surface area contributed by atoms with E-state index in [4.69, 9.17) is 11.6 Å². The number of aromatic nitrogens is 4. The highest BCUT2D eigenvalue weighted by atomic mass is 35.5. The monoisotopic (exact) mass is 511 g/mol. The number of H-pyrrole nitrogens is 1. The topological polar surface area (TPSA) is 57.7 Å². The number of alkyl halides is 4. The first kappa shape index (κ1) is 23.4. The van der Waals surface area contributed by atoms with Crippen LogP contribution in [0.15, 0.2) is 30.3 Å². The van der Waals surface area contributed by atoms with Crippen LogP contribution in [-0.4, -0.2) is 26.5 Å². The van der Waals surface area contributed by atoms with E-state index in [2.05, 4.69) is 19.9 Å². The van der Waals surface area contributed by atoms with Gasteiger partial charge < -0.3 is 9.88 Å². The Hall–Kier alpha value is -3.34. The molecule has 1 unspecified atom stereocenters. The molecule has 12 heteroatoms. The van der Waals surface area contributed by atoms with Gasteiger partial charge in [-0.05, 0) is 42.7 Å². The number of hydrogen-bond acceptors (Lipinski definition) is 4. The van der Waals surface area contributed by atoms with Crippen LogP contribution in [0.4, 0.5) is 32.3 Å². The molecular formula is C23H16ClF6N5. The molecule has 0 aliphatic carbocycles. The molecule has 35 heavy (non-hydrogen) atoms. The van der Waals surface area contributed by atoms with Crippen molar-refractivity contribution in [2.45, 2.75) is 32.2 Å². The Labute approximate surface area is 199 Å². The van der Waals surface area contributed by atoms with E-state index in [0.717, 1.165) is 10.9 Å². The smallest absolute Gasteiger partial charge is 0.356 e. The van der Waals surface area contributed by atoms with E-state index < -0.39 is 48.1 Å². The molecule has 0 bridgehead atoms. The van der Waals surface area contributed by atoms with Gasteiger partial charge in [0.25, 0.3) is 0 Å². The van der Waals surface area contributed by atoms with Crippen molar-refractivity contribution in [3.8, 4) is 0 Å². The summed E-state index contributed by atoms with van der Waals surface area (Å²) in [6.07, 6.45) is -4.66. The van der Waals surface area contributed by atoms with Gasteiger partial charge in [0.05, 0.1) is 0 Å². The number of anilines is 1. The standard InChI is InChI=1S/C23H16ClF6N5/c1-10-2-4-13(18(27)17(10)26)20-19-12(14-8-11(24)3-5-15(14)31-19)6-7-35(20)22-33-16(9-25)32-21(34-22)23(28,29)30/h2-5,8,20,31H,6-7,9H2,1H3. The minimum absolute atomic E-state index is 0.0408. The van der Waals surface area contributed by atoms with E-state index in [9.17, 15) is 22.0 Å². The normalized spacial score (nSPS) is 16.1. The molecule has 0 spiro atoms. The molecule has 0 fully saturated rings. The third kappa shape index (κ3) is 3.97. The lowest BCUT2D eigenvalue weighted by Gasteiger charge is -2.36. The van der Waals surface area contributed by atoms with Gasteiger partial charge in [0.2, 0.25) is 11.8 Å². The molecule has 182 valence electrons. The van der Waals surface area contributed by atoms with Crippen molar-refractivity contribution in [1.29, 1.82) is 0 Å². The Morgan fingerprint density at radius 1 is 1.09 bits per heavy atom. The Bertz CT molecular complexity index is 1450. The molecule has 5 rings (SSSR count). The molecule has 0 saturated carbocycles. The largest absolute Gasteiger partial charge is 0.451 e. The fraction of sp³-hybridized carbons (Fsp3) is 0.261. The summed E-state index contributed by atoms with van der Waals surface area (Å²) in [5.41, 5.74) is 1.76. The highest BCUT2D eigenvalue weighted by Gasteiger charge is 2.39. The highest BCUT2D eigenvalue weighted by molar-refractivity contribution is 6.31. The van der Waals surface area contributed by atoms with Crippen molar-refractivity contribution in [1.82, 2.24) is 19.9 Å². The zero-order valence-electron chi connectivity index (χ0n) is 18.0. The van der Waals surface area contributed by atoms with Crippen molar-refractivity contribution >= 4 is 28.5 Å². The van der Waals surface area contributed by atoms with Crippen LogP contribution in [-0.2, 0) is 19.3 Å². The number of nitrogens with one attached hydrogen (secondary N) is 1. The maximum Gasteiger partial charge on any atom is 0.451 e. The van der Waals surface area contributed by atoms with Crippen molar-refractivity contribution in [2.24, 2.45) is 0 Å². The number of benzene rings is 2. The van der Waals surface area contributed by atoms with Gasteiger partial charge in [-0.2, -0.15) is 23.1 Å². The molecule has 0 radical (unpaired) electrons. The Balaban J connectivity index is 1.76. The zero-order valence-corrected chi connectivity index (χ0v) is 18.8. The number of nitrogens with zero attached hydrogens (tertiary/aromatic N) is 4. The molecule has 1 atom stereocenters. The second-order valence-corrected chi connectivity index (χ2v) is 8.60. The quantitative estimate of drug-likeness (QED) is 0.331. The lowest BCUT2D eigenvalue weighted by molar-refractivity contribution is -0.145. The van der Waals surface area contributed by atoms with Gasteiger partial charge >= 0.3 is 6.18 Å². The van der Waals surface area contributed by atoms with E-state index in [1.54, 1.807) is 18.2 Å². The summed E-state index contributed by atoms with van der Waals surface area (Å²) >= 11 is 6.15. The zero-order chi connectivity index (χ0) is 25.1. The van der Waals surface area contributed by atoms with E-state index in [1.807, 2.05) is 0 Å². The number of hydrogen-bond donors (Lipinski definition) is 1. The predicted molar refractivity (Wildman–Crippen MR) is 117 cm³/mol.